The van der Waals surface area contributed by atoms with Crippen LogP contribution in [-0.4, -0.2) is 17.7 Å². The lowest BCUT2D eigenvalue weighted by atomic mass is 10.1. The molecule has 20 heavy (non-hydrogen) atoms. The molecular formula is C15H22N2O2S. The second-order valence-corrected chi connectivity index (χ2v) is 4.98. The second kappa shape index (κ2) is 8.53. The number of amides is 1. The minimum Gasteiger partial charge on any atom is -0.471 e. The zero-order chi connectivity index (χ0) is 15.0. The maximum Gasteiger partial charge on any atom is 0.261 e. The number of carbonyl (C=O) groups excluding carboxylic acids is 1. The van der Waals surface area contributed by atoms with Crippen LogP contribution in [0.1, 0.15) is 33.6 Å². The van der Waals surface area contributed by atoms with E-state index < -0.39 is 0 Å². The summed E-state index contributed by atoms with van der Waals surface area (Å²) in [5, 5.41) is 6.21. The molecule has 1 aromatic rings. The molecule has 5 heteroatoms. The highest BCUT2D eigenvalue weighted by atomic mass is 32.1. The average Bonchev–Trinajstić information content (AvgIpc) is 2.39. The first-order valence-corrected chi connectivity index (χ1v) is 7.32. The Labute approximate surface area is 125 Å². The van der Waals surface area contributed by atoms with Crippen LogP contribution in [0.3, 0.4) is 0 Å². The number of benzene rings is 1. The highest BCUT2D eigenvalue weighted by molar-refractivity contribution is 7.80. The van der Waals surface area contributed by atoms with Gasteiger partial charge in [0.15, 0.2) is 0 Å². The van der Waals surface area contributed by atoms with Crippen molar-refractivity contribution in [3.8, 4) is 0 Å². The first kappa shape index (κ1) is 16.4. The van der Waals surface area contributed by atoms with Gasteiger partial charge >= 0.3 is 0 Å². The van der Waals surface area contributed by atoms with E-state index in [2.05, 4.69) is 17.6 Å². The van der Waals surface area contributed by atoms with Gasteiger partial charge in [-0.2, -0.15) is 0 Å². The van der Waals surface area contributed by atoms with Gasteiger partial charge in [0.2, 0.25) is 5.91 Å². The van der Waals surface area contributed by atoms with E-state index in [9.17, 15) is 4.79 Å². The fraction of sp³-hybridized carbons (Fsp3) is 0.467. The number of hydrogen-bond acceptors (Lipinski definition) is 3. The van der Waals surface area contributed by atoms with E-state index in [4.69, 9.17) is 17.0 Å². The molecule has 2 N–H and O–H groups in total. The molecule has 0 saturated heterocycles. The molecule has 0 heterocycles. The smallest absolute Gasteiger partial charge is 0.261 e. The van der Waals surface area contributed by atoms with Crippen molar-refractivity contribution in [1.82, 2.24) is 0 Å². The van der Waals surface area contributed by atoms with Gasteiger partial charge in [0.1, 0.15) is 0 Å². The van der Waals surface area contributed by atoms with E-state index in [1.165, 1.54) is 0 Å². The summed E-state index contributed by atoms with van der Waals surface area (Å²) in [5.74, 6) is 0.0532. The van der Waals surface area contributed by atoms with Crippen LogP contribution in [0.2, 0.25) is 0 Å². The van der Waals surface area contributed by atoms with Gasteiger partial charge < -0.3 is 15.4 Å². The molecule has 1 atom stereocenters. The van der Waals surface area contributed by atoms with Crippen LogP contribution in [0.25, 0.3) is 0 Å². The zero-order valence-corrected chi connectivity index (χ0v) is 13.0. The summed E-state index contributed by atoms with van der Waals surface area (Å²) >= 11 is 5.02. The average molecular weight is 294 g/mol. The van der Waals surface area contributed by atoms with Crippen LogP contribution in [-0.2, 0) is 9.53 Å². The van der Waals surface area contributed by atoms with Crippen LogP contribution in [0.15, 0.2) is 24.3 Å². The Hall–Kier alpha value is -1.62. The van der Waals surface area contributed by atoms with E-state index >= 15 is 0 Å². The Morgan fingerprint density at radius 3 is 2.55 bits per heavy atom. The van der Waals surface area contributed by atoms with Crippen molar-refractivity contribution in [2.45, 2.75) is 33.6 Å². The lowest BCUT2D eigenvalue weighted by molar-refractivity contribution is -0.119. The minimum absolute atomic E-state index is 0.0149. The molecule has 1 unspecified atom stereocenters. The largest absolute Gasteiger partial charge is 0.471 e. The lowest BCUT2D eigenvalue weighted by Crippen LogP contribution is -2.20. The Morgan fingerprint density at radius 1 is 1.30 bits per heavy atom. The van der Waals surface area contributed by atoms with Crippen LogP contribution in [0, 0.1) is 5.92 Å². The molecule has 0 fully saturated rings. The van der Waals surface area contributed by atoms with Crippen molar-refractivity contribution in [1.29, 1.82) is 0 Å². The molecule has 0 radical (unpaired) electrons. The highest BCUT2D eigenvalue weighted by Crippen LogP contribution is 2.17. The number of hydrogen-bond donors (Lipinski definition) is 2. The van der Waals surface area contributed by atoms with E-state index in [-0.39, 0.29) is 11.8 Å². The third-order valence-corrected chi connectivity index (χ3v) is 3.04. The summed E-state index contributed by atoms with van der Waals surface area (Å²) in [6.07, 6.45) is 1.89. The second-order valence-electron chi connectivity index (χ2n) is 4.61. The number of carbonyl (C=O) groups is 1. The summed E-state index contributed by atoms with van der Waals surface area (Å²) in [6, 6.07) is 7.42. The van der Waals surface area contributed by atoms with Gasteiger partial charge in [-0.1, -0.05) is 26.3 Å². The van der Waals surface area contributed by atoms with Gasteiger partial charge in [-0.3, -0.25) is 4.79 Å². The topological polar surface area (TPSA) is 50.4 Å². The SMILES string of the molecule is CCCC(C)C(=O)Nc1cccc(NC(=S)OCC)c1. The number of rotatable bonds is 6. The Balaban J connectivity index is 2.63. The molecule has 0 aliphatic carbocycles. The van der Waals surface area contributed by atoms with Gasteiger partial charge in [-0.25, -0.2) is 0 Å². The quantitative estimate of drug-likeness (QED) is 0.784. The van der Waals surface area contributed by atoms with E-state index in [0.717, 1.165) is 24.2 Å². The molecular weight excluding hydrogens is 272 g/mol. The third-order valence-electron chi connectivity index (χ3n) is 2.82. The molecule has 1 rings (SSSR count). The molecule has 0 aliphatic heterocycles. The fourth-order valence-corrected chi connectivity index (χ4v) is 2.03. The molecule has 110 valence electrons. The monoisotopic (exact) mass is 294 g/mol. The molecule has 0 aromatic heterocycles. The summed E-state index contributed by atoms with van der Waals surface area (Å²) in [5.41, 5.74) is 1.55. The molecule has 4 nitrogen and oxygen atoms in total. The van der Waals surface area contributed by atoms with Gasteiger partial charge in [0, 0.05) is 17.3 Å². The first-order valence-electron chi connectivity index (χ1n) is 6.91. The fourth-order valence-electron chi connectivity index (χ4n) is 1.79. The van der Waals surface area contributed by atoms with Crippen molar-refractivity contribution >= 4 is 34.7 Å². The number of thiocarbonyl (C=S) groups is 1. The van der Waals surface area contributed by atoms with Crippen LogP contribution < -0.4 is 10.6 Å². The minimum atomic E-state index is 0.0149. The van der Waals surface area contributed by atoms with E-state index in [1.807, 2.05) is 38.1 Å². The molecule has 0 bridgehead atoms. The predicted molar refractivity (Wildman–Crippen MR) is 87.0 cm³/mol. The Kier molecular flexibility index (Phi) is 7.01. The van der Waals surface area contributed by atoms with Crippen molar-refractivity contribution in [3.63, 3.8) is 0 Å². The molecule has 1 aromatic carbocycles. The van der Waals surface area contributed by atoms with Gasteiger partial charge in [0.05, 0.1) is 6.61 Å². The van der Waals surface area contributed by atoms with Gasteiger partial charge in [0.25, 0.3) is 5.17 Å². The predicted octanol–water partition coefficient (Wildman–Crippen LogP) is 3.79. The Morgan fingerprint density at radius 2 is 1.95 bits per heavy atom. The lowest BCUT2D eigenvalue weighted by Gasteiger charge is -2.13. The summed E-state index contributed by atoms with van der Waals surface area (Å²) in [4.78, 5) is 12.0. The van der Waals surface area contributed by atoms with Crippen LogP contribution >= 0.6 is 12.2 Å². The Bertz CT molecular complexity index is 463. The number of nitrogens with one attached hydrogen (secondary N) is 2. The summed E-state index contributed by atoms with van der Waals surface area (Å²) < 4.78 is 5.17. The van der Waals surface area contributed by atoms with E-state index in [0.29, 0.717) is 11.8 Å². The summed E-state index contributed by atoms with van der Waals surface area (Å²) in [7, 11) is 0. The van der Waals surface area contributed by atoms with Crippen molar-refractivity contribution < 1.29 is 9.53 Å². The normalized spacial score (nSPS) is 11.6. The van der Waals surface area contributed by atoms with E-state index in [1.54, 1.807) is 0 Å². The zero-order valence-electron chi connectivity index (χ0n) is 12.2. The highest BCUT2D eigenvalue weighted by Gasteiger charge is 2.11. The van der Waals surface area contributed by atoms with Crippen molar-refractivity contribution in [2.24, 2.45) is 5.92 Å². The van der Waals surface area contributed by atoms with Gasteiger partial charge in [-0.15, -0.1) is 0 Å². The molecule has 0 saturated carbocycles. The first-order chi connectivity index (χ1) is 9.56. The number of ether oxygens (including phenoxy) is 1. The maximum atomic E-state index is 12.0. The molecule has 1 amide bonds. The number of anilines is 2. The van der Waals surface area contributed by atoms with Crippen LogP contribution in [0.4, 0.5) is 11.4 Å². The molecule has 0 aliphatic rings. The van der Waals surface area contributed by atoms with Crippen LogP contribution in [0.5, 0.6) is 0 Å². The van der Waals surface area contributed by atoms with Crippen molar-refractivity contribution in [2.75, 3.05) is 17.2 Å². The maximum absolute atomic E-state index is 12.0. The molecule has 0 spiro atoms. The summed E-state index contributed by atoms with van der Waals surface area (Å²) in [6.45, 7) is 6.41. The third kappa shape index (κ3) is 5.57. The standard InChI is InChI=1S/C15H22N2O2S/c1-4-7-11(3)14(18)16-12-8-6-9-13(10-12)17-15(20)19-5-2/h6,8-11H,4-5,7H2,1-3H3,(H,16,18)(H,17,20). The van der Waals surface area contributed by atoms with Crippen molar-refractivity contribution in [3.05, 3.63) is 24.3 Å². The van der Waals surface area contributed by atoms with Gasteiger partial charge in [-0.05, 0) is 43.8 Å².